The fraction of sp³-hybridized carbons (Fsp3) is 0.667. The monoisotopic (exact) mass is 132 g/mol. The summed E-state index contributed by atoms with van der Waals surface area (Å²) in [5.41, 5.74) is 1.56. The molecule has 0 aliphatic carbocycles. The maximum absolute atomic E-state index is 5.28. The molecule has 1 unspecified atom stereocenters. The summed E-state index contributed by atoms with van der Waals surface area (Å²) in [4.78, 5) is 0. The van der Waals surface area contributed by atoms with E-state index in [2.05, 4.69) is 0 Å². The van der Waals surface area contributed by atoms with Gasteiger partial charge in [0.25, 0.3) is 0 Å². The van der Waals surface area contributed by atoms with Crippen LogP contribution in [0.2, 0.25) is 0 Å². The van der Waals surface area contributed by atoms with Crippen LogP contribution in [0, 0.1) is 0 Å². The second-order valence-electron chi connectivity index (χ2n) is 1.89. The van der Waals surface area contributed by atoms with E-state index >= 15 is 0 Å². The van der Waals surface area contributed by atoms with Crippen molar-refractivity contribution in [2.24, 2.45) is 0 Å². The zero-order chi connectivity index (χ0) is 5.82. The molecule has 8 heavy (non-hydrogen) atoms. The predicted octanol–water partition coefficient (Wildman–Crippen LogP) is 1.92. The molecule has 0 saturated carbocycles. The molecule has 1 nitrogen and oxygen atoms in total. The Bertz CT molecular complexity index is 86.5. The third kappa shape index (κ3) is 2.34. The van der Waals surface area contributed by atoms with Crippen molar-refractivity contribution in [1.29, 1.82) is 0 Å². The van der Waals surface area contributed by atoms with E-state index in [1.54, 1.807) is 5.54 Å². The molecule has 0 aromatic heterocycles. The Kier molecular flexibility index (Phi) is 2.37. The largest absolute Gasteiger partial charge is 0.373 e. The molecule has 0 N–H and O–H groups in total. The fourth-order valence-corrected chi connectivity index (χ4v) is 0.706. The molecule has 1 heterocycles. The predicted molar refractivity (Wildman–Crippen MR) is 34.0 cm³/mol. The lowest BCUT2D eigenvalue weighted by molar-refractivity contribution is 0.398. The van der Waals surface area contributed by atoms with Crippen molar-refractivity contribution >= 4 is 11.6 Å². The molecule has 1 atom stereocenters. The van der Waals surface area contributed by atoms with Crippen LogP contribution in [0.5, 0.6) is 0 Å². The first kappa shape index (κ1) is 6.12. The molecule has 1 aliphatic heterocycles. The maximum atomic E-state index is 5.28. The van der Waals surface area contributed by atoms with Crippen LogP contribution >= 0.6 is 11.6 Å². The SMILES string of the molecule is Cl/C=C/CCC1CO1. The van der Waals surface area contributed by atoms with Crippen LogP contribution in [-0.2, 0) is 4.74 Å². The molecule has 0 spiro atoms. The lowest BCUT2D eigenvalue weighted by atomic mass is 10.2. The van der Waals surface area contributed by atoms with Gasteiger partial charge in [-0.25, -0.2) is 0 Å². The minimum Gasteiger partial charge on any atom is -0.373 e. The van der Waals surface area contributed by atoms with Gasteiger partial charge in [0.1, 0.15) is 0 Å². The highest BCUT2D eigenvalue weighted by molar-refractivity contribution is 6.25. The molecule has 1 fully saturated rings. The summed E-state index contributed by atoms with van der Waals surface area (Å²) >= 11 is 5.28. The number of ether oxygens (including phenoxy) is 1. The van der Waals surface area contributed by atoms with Gasteiger partial charge in [-0.1, -0.05) is 17.7 Å². The van der Waals surface area contributed by atoms with E-state index in [-0.39, 0.29) is 0 Å². The topological polar surface area (TPSA) is 12.5 Å². The van der Waals surface area contributed by atoms with Gasteiger partial charge in [0.2, 0.25) is 0 Å². The van der Waals surface area contributed by atoms with Gasteiger partial charge < -0.3 is 4.74 Å². The Morgan fingerprint density at radius 3 is 3.00 bits per heavy atom. The highest BCUT2D eigenvalue weighted by Gasteiger charge is 2.20. The molecule has 1 saturated heterocycles. The standard InChI is InChI=1S/C6H9ClO/c7-4-2-1-3-6-5-8-6/h2,4,6H,1,3,5H2/b4-2+. The van der Waals surface area contributed by atoms with E-state index in [4.69, 9.17) is 16.3 Å². The summed E-state index contributed by atoms with van der Waals surface area (Å²) in [5.74, 6) is 0. The molecule has 0 amide bonds. The molecular weight excluding hydrogens is 124 g/mol. The Hall–Kier alpha value is -0.0100. The minimum absolute atomic E-state index is 0.544. The van der Waals surface area contributed by atoms with Crippen molar-refractivity contribution in [1.82, 2.24) is 0 Å². The van der Waals surface area contributed by atoms with Crippen LogP contribution in [0.25, 0.3) is 0 Å². The lowest BCUT2D eigenvalue weighted by Gasteiger charge is -1.83. The molecule has 0 aromatic carbocycles. The van der Waals surface area contributed by atoms with Crippen LogP contribution in [-0.4, -0.2) is 12.7 Å². The molecule has 0 radical (unpaired) electrons. The summed E-state index contributed by atoms with van der Waals surface area (Å²) in [6, 6.07) is 0. The Morgan fingerprint density at radius 2 is 2.50 bits per heavy atom. The number of hydrogen-bond acceptors (Lipinski definition) is 1. The fourth-order valence-electron chi connectivity index (χ4n) is 0.580. The molecule has 2 heteroatoms. The van der Waals surface area contributed by atoms with Gasteiger partial charge in [0.15, 0.2) is 0 Å². The summed E-state index contributed by atoms with van der Waals surface area (Å²) < 4.78 is 4.98. The molecule has 1 rings (SSSR count). The maximum Gasteiger partial charge on any atom is 0.0812 e. The van der Waals surface area contributed by atoms with Gasteiger partial charge in [0.05, 0.1) is 12.7 Å². The van der Waals surface area contributed by atoms with Crippen LogP contribution < -0.4 is 0 Å². The molecule has 1 aliphatic rings. The smallest absolute Gasteiger partial charge is 0.0812 e. The highest BCUT2D eigenvalue weighted by atomic mass is 35.5. The molecule has 0 bridgehead atoms. The van der Waals surface area contributed by atoms with Gasteiger partial charge in [-0.05, 0) is 12.8 Å². The van der Waals surface area contributed by atoms with Crippen LogP contribution in [0.4, 0.5) is 0 Å². The number of epoxide rings is 1. The van der Waals surface area contributed by atoms with Gasteiger partial charge >= 0.3 is 0 Å². The first-order chi connectivity index (χ1) is 3.93. The molecule has 0 aromatic rings. The van der Waals surface area contributed by atoms with Crippen LogP contribution in [0.15, 0.2) is 11.6 Å². The number of rotatable bonds is 3. The number of halogens is 1. The quantitative estimate of drug-likeness (QED) is 0.535. The highest BCUT2D eigenvalue weighted by Crippen LogP contribution is 2.15. The van der Waals surface area contributed by atoms with Gasteiger partial charge in [-0.2, -0.15) is 0 Å². The van der Waals surface area contributed by atoms with E-state index in [1.807, 2.05) is 6.08 Å². The van der Waals surface area contributed by atoms with E-state index in [0.29, 0.717) is 6.10 Å². The van der Waals surface area contributed by atoms with Crippen molar-refractivity contribution in [2.45, 2.75) is 18.9 Å². The minimum atomic E-state index is 0.544. The van der Waals surface area contributed by atoms with Crippen molar-refractivity contribution in [3.05, 3.63) is 11.6 Å². The Balaban J connectivity index is 1.88. The molecular formula is C6H9ClO. The van der Waals surface area contributed by atoms with E-state index in [9.17, 15) is 0 Å². The average Bonchev–Trinajstić information content (AvgIpc) is 2.51. The van der Waals surface area contributed by atoms with Gasteiger partial charge in [-0.15, -0.1) is 0 Å². The van der Waals surface area contributed by atoms with Crippen molar-refractivity contribution in [3.63, 3.8) is 0 Å². The van der Waals surface area contributed by atoms with E-state index < -0.39 is 0 Å². The third-order valence-corrected chi connectivity index (χ3v) is 1.32. The van der Waals surface area contributed by atoms with Crippen LogP contribution in [0.1, 0.15) is 12.8 Å². The van der Waals surface area contributed by atoms with Crippen molar-refractivity contribution < 1.29 is 4.74 Å². The molecule has 46 valence electrons. The van der Waals surface area contributed by atoms with E-state index in [0.717, 1.165) is 19.4 Å². The van der Waals surface area contributed by atoms with E-state index in [1.165, 1.54) is 0 Å². The third-order valence-electron chi connectivity index (χ3n) is 1.15. The second-order valence-corrected chi connectivity index (χ2v) is 2.15. The second kappa shape index (κ2) is 3.10. The summed E-state index contributed by atoms with van der Waals surface area (Å²) in [6.07, 6.45) is 4.67. The Labute approximate surface area is 54.3 Å². The van der Waals surface area contributed by atoms with Crippen LogP contribution in [0.3, 0.4) is 0 Å². The normalized spacial score (nSPS) is 26.9. The Morgan fingerprint density at radius 1 is 1.75 bits per heavy atom. The average molecular weight is 133 g/mol. The van der Waals surface area contributed by atoms with Crippen molar-refractivity contribution in [2.75, 3.05) is 6.61 Å². The number of hydrogen-bond donors (Lipinski definition) is 0. The zero-order valence-electron chi connectivity index (χ0n) is 4.64. The lowest BCUT2D eigenvalue weighted by Crippen LogP contribution is -1.80. The number of allylic oxidation sites excluding steroid dienone is 1. The van der Waals surface area contributed by atoms with Crippen molar-refractivity contribution in [3.8, 4) is 0 Å². The zero-order valence-corrected chi connectivity index (χ0v) is 5.40. The van der Waals surface area contributed by atoms with Gasteiger partial charge in [0, 0.05) is 5.54 Å². The van der Waals surface area contributed by atoms with Gasteiger partial charge in [-0.3, -0.25) is 0 Å². The first-order valence-electron chi connectivity index (χ1n) is 2.80. The summed E-state index contributed by atoms with van der Waals surface area (Å²) in [5, 5.41) is 0. The first-order valence-corrected chi connectivity index (χ1v) is 3.24. The summed E-state index contributed by atoms with van der Waals surface area (Å²) in [7, 11) is 0. The summed E-state index contributed by atoms with van der Waals surface area (Å²) in [6.45, 7) is 0.954.